The van der Waals surface area contributed by atoms with Crippen molar-refractivity contribution in [3.63, 3.8) is 0 Å². The lowest BCUT2D eigenvalue weighted by atomic mass is 9.81. The van der Waals surface area contributed by atoms with Crippen LogP contribution in [0.2, 0.25) is 0 Å². The van der Waals surface area contributed by atoms with E-state index in [2.05, 4.69) is 5.32 Å². The van der Waals surface area contributed by atoms with E-state index >= 15 is 0 Å². The fourth-order valence-corrected chi connectivity index (χ4v) is 5.58. The molecule has 0 saturated carbocycles. The third-order valence-corrected chi connectivity index (χ3v) is 7.54. The summed E-state index contributed by atoms with van der Waals surface area (Å²) in [4.78, 5) is 44.3. The molecule has 0 fully saturated rings. The number of carbonyl (C=O) groups is 3. The Kier molecular flexibility index (Phi) is 9.76. The number of nitrogens with one attached hydrogen (secondary N) is 1. The van der Waals surface area contributed by atoms with Gasteiger partial charge in [0.1, 0.15) is 11.9 Å². The number of benzene rings is 3. The van der Waals surface area contributed by atoms with Gasteiger partial charge in [-0.15, -0.1) is 0 Å². The van der Waals surface area contributed by atoms with E-state index in [4.69, 9.17) is 5.73 Å². The van der Waals surface area contributed by atoms with Gasteiger partial charge >= 0.3 is 0 Å². The van der Waals surface area contributed by atoms with Crippen molar-refractivity contribution in [3.8, 4) is 0 Å². The van der Waals surface area contributed by atoms with E-state index in [-0.39, 0.29) is 36.6 Å². The van der Waals surface area contributed by atoms with Crippen molar-refractivity contribution in [2.24, 2.45) is 23.5 Å². The molecule has 41 heavy (non-hydrogen) atoms. The van der Waals surface area contributed by atoms with Crippen LogP contribution in [-0.2, 0) is 20.9 Å². The van der Waals surface area contributed by atoms with Crippen LogP contribution in [0.5, 0.6) is 0 Å². The highest BCUT2D eigenvalue weighted by Crippen LogP contribution is 2.38. The number of nitrogens with zero attached hydrogens (tertiary/aromatic N) is 2. The Morgan fingerprint density at radius 2 is 1.59 bits per heavy atom. The molecule has 4 rings (SSSR count). The lowest BCUT2D eigenvalue weighted by molar-refractivity contribution is -0.136. The van der Waals surface area contributed by atoms with Gasteiger partial charge in [0.05, 0.1) is 24.5 Å². The minimum Gasteiger partial charge on any atom is -0.369 e. The molecular formula is C33H39FN4O3. The van der Waals surface area contributed by atoms with Gasteiger partial charge in [0, 0.05) is 17.5 Å². The van der Waals surface area contributed by atoms with E-state index in [9.17, 15) is 18.8 Å². The zero-order chi connectivity index (χ0) is 29.5. The van der Waals surface area contributed by atoms with Crippen molar-refractivity contribution < 1.29 is 18.8 Å². The maximum absolute atomic E-state index is 14.3. The quantitative estimate of drug-likeness (QED) is 0.322. The maximum atomic E-state index is 14.3. The predicted octanol–water partition coefficient (Wildman–Crippen LogP) is 5.56. The van der Waals surface area contributed by atoms with E-state index < -0.39 is 23.8 Å². The SMILES string of the molecule is CCC[C@H](C(N)=O)[C@@H](CC(C)C)C(=O)NC1CN(c2ccccc2)c2ccccc2N(Cc2ccc(F)cc2)C1=O. The van der Waals surface area contributed by atoms with Crippen molar-refractivity contribution in [1.29, 1.82) is 0 Å². The van der Waals surface area contributed by atoms with Gasteiger partial charge in [-0.1, -0.05) is 69.7 Å². The molecule has 1 unspecified atom stereocenters. The van der Waals surface area contributed by atoms with E-state index in [1.807, 2.05) is 80.3 Å². The number of halogens is 1. The van der Waals surface area contributed by atoms with Crippen molar-refractivity contribution in [2.45, 2.75) is 52.6 Å². The van der Waals surface area contributed by atoms with Gasteiger partial charge in [0.2, 0.25) is 11.8 Å². The number of hydrogen-bond donors (Lipinski definition) is 2. The molecule has 3 amide bonds. The summed E-state index contributed by atoms with van der Waals surface area (Å²) in [7, 11) is 0. The minimum absolute atomic E-state index is 0.148. The molecule has 1 aliphatic rings. The molecule has 1 aliphatic heterocycles. The summed E-state index contributed by atoms with van der Waals surface area (Å²) >= 11 is 0. The molecule has 3 atom stereocenters. The second kappa shape index (κ2) is 13.4. The molecular weight excluding hydrogens is 519 g/mol. The van der Waals surface area contributed by atoms with E-state index in [1.54, 1.807) is 17.0 Å². The Bertz CT molecular complexity index is 1350. The molecule has 1 heterocycles. The van der Waals surface area contributed by atoms with Crippen LogP contribution < -0.4 is 20.9 Å². The highest BCUT2D eigenvalue weighted by molar-refractivity contribution is 6.04. The number of amides is 3. The van der Waals surface area contributed by atoms with Crippen LogP contribution in [0.25, 0.3) is 0 Å². The Morgan fingerprint density at radius 3 is 2.20 bits per heavy atom. The molecule has 216 valence electrons. The third kappa shape index (κ3) is 7.12. The van der Waals surface area contributed by atoms with Gasteiger partial charge in [-0.05, 0) is 60.7 Å². The molecule has 0 saturated heterocycles. The summed E-state index contributed by atoms with van der Waals surface area (Å²) < 4.78 is 13.7. The van der Waals surface area contributed by atoms with Gasteiger partial charge in [-0.2, -0.15) is 0 Å². The molecule has 7 nitrogen and oxygen atoms in total. The van der Waals surface area contributed by atoms with Crippen LogP contribution in [0, 0.1) is 23.6 Å². The smallest absolute Gasteiger partial charge is 0.251 e. The van der Waals surface area contributed by atoms with Crippen LogP contribution in [-0.4, -0.2) is 30.3 Å². The fourth-order valence-electron chi connectivity index (χ4n) is 5.58. The average molecular weight is 559 g/mol. The van der Waals surface area contributed by atoms with Crippen molar-refractivity contribution in [2.75, 3.05) is 16.3 Å². The van der Waals surface area contributed by atoms with Crippen LogP contribution in [0.1, 0.15) is 45.6 Å². The second-order valence-electron chi connectivity index (χ2n) is 11.1. The average Bonchev–Trinajstić information content (AvgIpc) is 3.07. The van der Waals surface area contributed by atoms with Crippen LogP contribution in [0.3, 0.4) is 0 Å². The maximum Gasteiger partial charge on any atom is 0.251 e. The number of carbonyl (C=O) groups excluding carboxylic acids is 3. The molecule has 0 aromatic heterocycles. The monoisotopic (exact) mass is 558 g/mol. The van der Waals surface area contributed by atoms with Gasteiger partial charge in [-0.3, -0.25) is 14.4 Å². The molecule has 8 heteroatoms. The van der Waals surface area contributed by atoms with Crippen LogP contribution in [0.4, 0.5) is 21.5 Å². The Morgan fingerprint density at radius 1 is 0.951 bits per heavy atom. The zero-order valence-electron chi connectivity index (χ0n) is 23.9. The van der Waals surface area contributed by atoms with Crippen molar-refractivity contribution >= 4 is 34.8 Å². The van der Waals surface area contributed by atoms with Crippen molar-refractivity contribution in [1.82, 2.24) is 5.32 Å². The summed E-state index contributed by atoms with van der Waals surface area (Å²) in [5.41, 5.74) is 8.88. The van der Waals surface area contributed by atoms with Crippen LogP contribution >= 0.6 is 0 Å². The number of primary amides is 1. The normalized spacial score (nSPS) is 16.6. The summed E-state index contributed by atoms with van der Waals surface area (Å²) in [6.45, 7) is 6.34. The first-order valence-corrected chi connectivity index (χ1v) is 14.3. The summed E-state index contributed by atoms with van der Waals surface area (Å²) in [6.07, 6.45) is 1.68. The van der Waals surface area contributed by atoms with Crippen LogP contribution in [0.15, 0.2) is 78.9 Å². The minimum atomic E-state index is -0.916. The highest BCUT2D eigenvalue weighted by Gasteiger charge is 2.39. The van der Waals surface area contributed by atoms with Gasteiger partial charge in [-0.25, -0.2) is 4.39 Å². The number of anilines is 3. The summed E-state index contributed by atoms with van der Waals surface area (Å²) in [6, 6.07) is 22.4. The second-order valence-corrected chi connectivity index (χ2v) is 11.1. The highest BCUT2D eigenvalue weighted by atomic mass is 19.1. The predicted molar refractivity (Wildman–Crippen MR) is 160 cm³/mol. The van der Waals surface area contributed by atoms with E-state index in [0.29, 0.717) is 24.9 Å². The molecule has 3 aromatic carbocycles. The van der Waals surface area contributed by atoms with Crippen molar-refractivity contribution in [3.05, 3.63) is 90.2 Å². The number of fused-ring (bicyclic) bond motifs is 1. The van der Waals surface area contributed by atoms with Gasteiger partial charge in [0.25, 0.3) is 5.91 Å². The Hall–Kier alpha value is -4.20. The number of para-hydroxylation sites is 3. The Balaban J connectivity index is 1.76. The van der Waals surface area contributed by atoms with E-state index in [0.717, 1.165) is 16.9 Å². The lowest BCUT2D eigenvalue weighted by Crippen LogP contribution is -2.54. The summed E-state index contributed by atoms with van der Waals surface area (Å²) in [5, 5.41) is 3.03. The number of nitrogens with two attached hydrogens (primary N) is 1. The summed E-state index contributed by atoms with van der Waals surface area (Å²) in [5.74, 6) is -2.63. The number of hydrogen-bond acceptors (Lipinski definition) is 4. The number of rotatable bonds is 11. The molecule has 0 bridgehead atoms. The van der Waals surface area contributed by atoms with Gasteiger partial charge in [0.15, 0.2) is 0 Å². The Labute approximate surface area is 241 Å². The first-order chi connectivity index (χ1) is 19.7. The zero-order valence-corrected chi connectivity index (χ0v) is 23.9. The standard InChI is InChI=1S/C33H39FN4O3/c1-4-10-26(31(35)39)27(19-22(2)3)32(40)36-28-21-37(25-11-6-5-7-12-25)29-13-8-9-14-30(29)38(33(28)41)20-23-15-17-24(34)18-16-23/h5-9,11-18,22,26-28H,4,10,19-21H2,1-3H3,(H2,35,39)(H,36,40)/t26-,27+,28?/m0/s1. The third-order valence-electron chi connectivity index (χ3n) is 7.54. The molecule has 3 aromatic rings. The largest absolute Gasteiger partial charge is 0.369 e. The first-order valence-electron chi connectivity index (χ1n) is 14.3. The topological polar surface area (TPSA) is 95.7 Å². The fraction of sp³-hybridized carbons (Fsp3) is 0.364. The first kappa shape index (κ1) is 29.8. The molecule has 3 N–H and O–H groups in total. The molecule has 0 radical (unpaired) electrons. The lowest BCUT2D eigenvalue weighted by Gasteiger charge is -2.30. The van der Waals surface area contributed by atoms with Gasteiger partial charge < -0.3 is 20.9 Å². The molecule has 0 spiro atoms. The molecule has 0 aliphatic carbocycles. The van der Waals surface area contributed by atoms with E-state index in [1.165, 1.54) is 12.1 Å².